The molecule has 28 heavy (non-hydrogen) atoms. The number of aromatic nitrogens is 2. The van der Waals surface area contributed by atoms with Crippen LogP contribution < -0.4 is 4.74 Å². The molecule has 1 N–H and O–H groups in total. The van der Waals surface area contributed by atoms with Crippen molar-refractivity contribution in [1.29, 1.82) is 0 Å². The van der Waals surface area contributed by atoms with Gasteiger partial charge < -0.3 is 14.6 Å². The zero-order valence-electron chi connectivity index (χ0n) is 15.8. The fraction of sp³-hybridized carbons (Fsp3) is 0.130. The quantitative estimate of drug-likeness (QED) is 0.525. The number of pyridine rings is 1. The maximum atomic E-state index is 13.2. The Morgan fingerprint density at radius 3 is 2.57 bits per heavy atom. The topological polar surface area (TPSA) is 58.2 Å². The van der Waals surface area contributed by atoms with Gasteiger partial charge in [0.15, 0.2) is 0 Å². The molecule has 1 amide bonds. The summed E-state index contributed by atoms with van der Waals surface area (Å²) in [5.74, 6) is 0.793. The van der Waals surface area contributed by atoms with Crippen molar-refractivity contribution in [3.05, 3.63) is 90.3 Å². The number of hydrogen-bond acceptors (Lipinski definition) is 3. The number of aromatic amines is 1. The highest BCUT2D eigenvalue weighted by atomic mass is 16.5. The molecule has 0 radical (unpaired) electrons. The first kappa shape index (κ1) is 17.8. The molecule has 0 aliphatic heterocycles. The van der Waals surface area contributed by atoms with Gasteiger partial charge in [-0.2, -0.15) is 0 Å². The Morgan fingerprint density at radius 2 is 1.79 bits per heavy atom. The van der Waals surface area contributed by atoms with Gasteiger partial charge in [0.05, 0.1) is 6.04 Å². The van der Waals surface area contributed by atoms with Crippen molar-refractivity contribution >= 4 is 16.8 Å². The Morgan fingerprint density at radius 1 is 1.04 bits per heavy atom. The molecule has 0 bridgehead atoms. The smallest absolute Gasteiger partial charge is 0.259 e. The first-order chi connectivity index (χ1) is 13.6. The van der Waals surface area contributed by atoms with Gasteiger partial charge in [0.25, 0.3) is 5.91 Å². The molecule has 1 unspecified atom stereocenters. The van der Waals surface area contributed by atoms with E-state index in [1.165, 1.54) is 0 Å². The van der Waals surface area contributed by atoms with Crippen molar-refractivity contribution in [1.82, 2.24) is 14.9 Å². The number of nitrogens with one attached hydrogen (secondary N) is 1. The minimum Gasteiger partial charge on any atom is -0.438 e. The van der Waals surface area contributed by atoms with Gasteiger partial charge in [0.2, 0.25) is 5.88 Å². The van der Waals surface area contributed by atoms with Gasteiger partial charge in [-0.05, 0) is 48.7 Å². The highest BCUT2D eigenvalue weighted by Gasteiger charge is 2.23. The number of ether oxygens (including phenoxy) is 1. The lowest BCUT2D eigenvalue weighted by Gasteiger charge is -2.25. The van der Waals surface area contributed by atoms with Crippen molar-refractivity contribution in [2.24, 2.45) is 0 Å². The predicted molar refractivity (Wildman–Crippen MR) is 110 cm³/mol. The van der Waals surface area contributed by atoms with E-state index in [0.717, 1.165) is 16.6 Å². The molecule has 0 spiro atoms. The lowest BCUT2D eigenvalue weighted by Crippen LogP contribution is -2.30. The van der Waals surface area contributed by atoms with E-state index in [1.807, 2.05) is 55.5 Å². The van der Waals surface area contributed by atoms with E-state index in [2.05, 4.69) is 22.1 Å². The van der Waals surface area contributed by atoms with Crippen LogP contribution >= 0.6 is 0 Å². The monoisotopic (exact) mass is 371 g/mol. The number of nitrogens with zero attached hydrogens (tertiary/aromatic N) is 2. The first-order valence-corrected chi connectivity index (χ1v) is 9.16. The molecule has 0 aliphatic rings. The highest BCUT2D eigenvalue weighted by molar-refractivity contribution is 5.96. The van der Waals surface area contributed by atoms with Crippen LogP contribution in [0.5, 0.6) is 11.6 Å². The fourth-order valence-corrected chi connectivity index (χ4v) is 3.13. The van der Waals surface area contributed by atoms with Gasteiger partial charge in [-0.3, -0.25) is 4.79 Å². The molecular formula is C23H21N3O2. The van der Waals surface area contributed by atoms with Crippen LogP contribution in [-0.4, -0.2) is 27.8 Å². The van der Waals surface area contributed by atoms with Crippen LogP contribution in [-0.2, 0) is 0 Å². The third-order valence-corrected chi connectivity index (χ3v) is 4.86. The molecule has 0 aliphatic carbocycles. The summed E-state index contributed by atoms with van der Waals surface area (Å²) in [6.45, 7) is 2.00. The minimum atomic E-state index is -0.148. The van der Waals surface area contributed by atoms with Crippen molar-refractivity contribution in [3.8, 4) is 11.6 Å². The molecule has 4 aromatic rings. The Kier molecular flexibility index (Phi) is 4.81. The summed E-state index contributed by atoms with van der Waals surface area (Å²) in [5, 5.41) is 1.12. The van der Waals surface area contributed by atoms with Crippen LogP contribution in [0.15, 0.2) is 79.0 Å². The van der Waals surface area contributed by atoms with Crippen LogP contribution in [0.25, 0.3) is 10.9 Å². The van der Waals surface area contributed by atoms with Gasteiger partial charge >= 0.3 is 0 Å². The maximum Gasteiger partial charge on any atom is 0.259 e. The van der Waals surface area contributed by atoms with Crippen molar-refractivity contribution in [2.75, 3.05) is 7.05 Å². The Labute approximate surface area is 163 Å². The van der Waals surface area contributed by atoms with Gasteiger partial charge in [-0.1, -0.05) is 36.4 Å². The second-order valence-electron chi connectivity index (χ2n) is 6.68. The predicted octanol–water partition coefficient (Wildman–Crippen LogP) is 5.19. The summed E-state index contributed by atoms with van der Waals surface area (Å²) in [4.78, 5) is 22.5. The third-order valence-electron chi connectivity index (χ3n) is 4.86. The van der Waals surface area contributed by atoms with Crippen molar-refractivity contribution in [3.63, 3.8) is 0 Å². The van der Waals surface area contributed by atoms with E-state index in [1.54, 1.807) is 30.3 Å². The molecule has 140 valence electrons. The third kappa shape index (κ3) is 3.47. The number of hydrogen-bond donors (Lipinski definition) is 1. The number of H-pyrrole nitrogens is 1. The number of amides is 1. The zero-order chi connectivity index (χ0) is 19.5. The molecule has 4 rings (SSSR count). The second-order valence-corrected chi connectivity index (χ2v) is 6.68. The Balaban J connectivity index is 1.60. The lowest BCUT2D eigenvalue weighted by molar-refractivity contribution is 0.0737. The highest BCUT2D eigenvalue weighted by Crippen LogP contribution is 2.28. The van der Waals surface area contributed by atoms with Crippen LogP contribution in [0.3, 0.4) is 0 Å². The minimum absolute atomic E-state index is 0.135. The average molecular weight is 371 g/mol. The van der Waals surface area contributed by atoms with E-state index in [4.69, 9.17) is 4.74 Å². The molecule has 1 atom stereocenters. The van der Waals surface area contributed by atoms with E-state index < -0.39 is 0 Å². The van der Waals surface area contributed by atoms with E-state index >= 15 is 0 Å². The van der Waals surface area contributed by atoms with E-state index in [0.29, 0.717) is 17.2 Å². The van der Waals surface area contributed by atoms with E-state index in [-0.39, 0.29) is 11.9 Å². The molecule has 5 heteroatoms. The average Bonchev–Trinajstić information content (AvgIpc) is 3.17. The van der Waals surface area contributed by atoms with Crippen molar-refractivity contribution < 1.29 is 9.53 Å². The number of carbonyl (C=O) groups is 1. The molecule has 5 nitrogen and oxygen atoms in total. The van der Waals surface area contributed by atoms with Crippen LogP contribution in [0.1, 0.15) is 29.0 Å². The summed E-state index contributed by atoms with van der Waals surface area (Å²) >= 11 is 0. The van der Waals surface area contributed by atoms with Gasteiger partial charge in [-0.25, -0.2) is 4.98 Å². The molecular weight excluding hydrogens is 350 g/mol. The van der Waals surface area contributed by atoms with Crippen LogP contribution in [0, 0.1) is 0 Å². The number of fused-ring (bicyclic) bond motifs is 1. The summed E-state index contributed by atoms with van der Waals surface area (Å²) < 4.78 is 5.85. The molecule has 2 heterocycles. The van der Waals surface area contributed by atoms with Crippen LogP contribution in [0.2, 0.25) is 0 Å². The van der Waals surface area contributed by atoms with E-state index in [9.17, 15) is 4.79 Å². The SMILES string of the molecule is CC(c1cc2ccccc2[nH]1)N(C)C(=O)c1cccnc1Oc1ccccc1. The molecule has 0 fully saturated rings. The number of rotatable bonds is 5. The Hall–Kier alpha value is -3.60. The normalized spacial score (nSPS) is 11.9. The first-order valence-electron chi connectivity index (χ1n) is 9.16. The molecule has 2 aromatic carbocycles. The maximum absolute atomic E-state index is 13.2. The van der Waals surface area contributed by atoms with Gasteiger partial charge in [-0.15, -0.1) is 0 Å². The van der Waals surface area contributed by atoms with Gasteiger partial charge in [0, 0.05) is 24.5 Å². The number of benzene rings is 2. The summed E-state index contributed by atoms with van der Waals surface area (Å²) in [6.07, 6.45) is 1.62. The fourth-order valence-electron chi connectivity index (χ4n) is 3.13. The second kappa shape index (κ2) is 7.56. The molecule has 2 aromatic heterocycles. The zero-order valence-corrected chi connectivity index (χ0v) is 15.8. The summed E-state index contributed by atoms with van der Waals surface area (Å²) in [6, 6.07) is 22.8. The Bertz CT molecular complexity index is 1070. The van der Waals surface area contributed by atoms with Crippen molar-refractivity contribution in [2.45, 2.75) is 13.0 Å². The molecule has 0 saturated heterocycles. The number of carbonyl (C=O) groups excluding carboxylic acids is 1. The standard InChI is InChI=1S/C23H21N3O2/c1-16(21-15-17-9-6-7-13-20(17)25-21)26(2)23(27)19-12-8-14-24-22(19)28-18-10-4-3-5-11-18/h3-16,25H,1-2H3. The van der Waals surface area contributed by atoms with Gasteiger partial charge in [0.1, 0.15) is 11.3 Å². The lowest BCUT2D eigenvalue weighted by atomic mass is 10.1. The molecule has 0 saturated carbocycles. The number of para-hydroxylation sites is 2. The largest absolute Gasteiger partial charge is 0.438 e. The summed E-state index contributed by atoms with van der Waals surface area (Å²) in [7, 11) is 1.79. The van der Waals surface area contributed by atoms with Crippen LogP contribution in [0.4, 0.5) is 0 Å². The summed E-state index contributed by atoms with van der Waals surface area (Å²) in [5.41, 5.74) is 2.46.